The number of benzene rings is 2. The summed E-state index contributed by atoms with van der Waals surface area (Å²) in [5, 5.41) is 19.8. The lowest BCUT2D eigenvalue weighted by atomic mass is 9.77. The summed E-state index contributed by atoms with van der Waals surface area (Å²) in [4.78, 5) is 24.4. The van der Waals surface area contributed by atoms with E-state index in [1.807, 2.05) is 24.3 Å². The van der Waals surface area contributed by atoms with Crippen LogP contribution in [-0.4, -0.2) is 33.0 Å². The Morgan fingerprint density at radius 2 is 0.852 bits per heavy atom. The van der Waals surface area contributed by atoms with Gasteiger partial charge in [-0.1, -0.05) is 62.4 Å². The van der Waals surface area contributed by atoms with Crippen LogP contribution in [0.5, 0.6) is 0 Å². The van der Waals surface area contributed by atoms with Crippen molar-refractivity contribution >= 4 is 11.6 Å². The number of hydrogen-bond donors (Lipinski definition) is 2. The lowest BCUT2D eigenvalue weighted by Gasteiger charge is -2.27. The number of carbonyl (C=O) groups is 2. The standard InChI is InChI=1S/C23H28O4/c1-21(2,17-11-7-15(8-12-17)19(24)22(3,4)26)18-13-9-16(10-14-18)20(25)23(5,6)27/h7-14,26-27H,1-6H3. The molecule has 0 unspecified atom stereocenters. The van der Waals surface area contributed by atoms with Crippen molar-refractivity contribution in [3.05, 3.63) is 70.8 Å². The van der Waals surface area contributed by atoms with Crippen LogP contribution in [0.4, 0.5) is 0 Å². The van der Waals surface area contributed by atoms with Crippen LogP contribution in [-0.2, 0) is 5.41 Å². The largest absolute Gasteiger partial charge is 0.382 e. The molecule has 0 aromatic heterocycles. The van der Waals surface area contributed by atoms with Crippen molar-refractivity contribution in [2.45, 2.75) is 58.2 Å². The molecular weight excluding hydrogens is 340 g/mol. The quantitative estimate of drug-likeness (QED) is 0.758. The highest BCUT2D eigenvalue weighted by atomic mass is 16.3. The Balaban J connectivity index is 2.30. The van der Waals surface area contributed by atoms with Gasteiger partial charge in [0.1, 0.15) is 11.2 Å². The molecule has 0 saturated carbocycles. The molecular formula is C23H28O4. The van der Waals surface area contributed by atoms with Gasteiger partial charge in [-0.15, -0.1) is 0 Å². The summed E-state index contributed by atoms with van der Waals surface area (Å²) in [7, 11) is 0. The Bertz CT molecular complexity index is 758. The predicted molar refractivity (Wildman–Crippen MR) is 106 cm³/mol. The minimum absolute atomic E-state index is 0.318. The second-order valence-corrected chi connectivity index (χ2v) is 8.56. The van der Waals surface area contributed by atoms with Crippen LogP contribution in [0, 0.1) is 0 Å². The zero-order valence-corrected chi connectivity index (χ0v) is 16.8. The van der Waals surface area contributed by atoms with Gasteiger partial charge in [0.15, 0.2) is 11.6 Å². The van der Waals surface area contributed by atoms with Crippen LogP contribution < -0.4 is 0 Å². The van der Waals surface area contributed by atoms with E-state index in [-0.39, 0.29) is 17.0 Å². The van der Waals surface area contributed by atoms with Gasteiger partial charge in [-0.25, -0.2) is 0 Å². The van der Waals surface area contributed by atoms with Crippen LogP contribution in [0.3, 0.4) is 0 Å². The van der Waals surface area contributed by atoms with Crippen LogP contribution >= 0.6 is 0 Å². The van der Waals surface area contributed by atoms with Gasteiger partial charge in [-0.3, -0.25) is 9.59 Å². The lowest BCUT2D eigenvalue weighted by Crippen LogP contribution is -2.31. The fourth-order valence-electron chi connectivity index (χ4n) is 2.95. The molecule has 0 saturated heterocycles. The van der Waals surface area contributed by atoms with Crippen molar-refractivity contribution in [3.63, 3.8) is 0 Å². The van der Waals surface area contributed by atoms with Crippen molar-refractivity contribution in [1.82, 2.24) is 0 Å². The van der Waals surface area contributed by atoms with E-state index in [4.69, 9.17) is 0 Å². The van der Waals surface area contributed by atoms with E-state index in [0.29, 0.717) is 11.1 Å². The van der Waals surface area contributed by atoms with Gasteiger partial charge in [-0.05, 0) is 38.8 Å². The molecule has 4 heteroatoms. The van der Waals surface area contributed by atoms with Crippen LogP contribution in [0.2, 0.25) is 0 Å². The van der Waals surface area contributed by atoms with E-state index in [2.05, 4.69) is 13.8 Å². The van der Waals surface area contributed by atoms with Crippen molar-refractivity contribution in [2.24, 2.45) is 0 Å². The number of hydrogen-bond acceptors (Lipinski definition) is 4. The summed E-state index contributed by atoms with van der Waals surface area (Å²) in [5.41, 5.74) is -0.194. The van der Waals surface area contributed by atoms with Gasteiger partial charge >= 0.3 is 0 Å². The third kappa shape index (κ3) is 4.52. The van der Waals surface area contributed by atoms with Crippen LogP contribution in [0.25, 0.3) is 0 Å². The monoisotopic (exact) mass is 368 g/mol. The number of rotatable bonds is 6. The van der Waals surface area contributed by atoms with E-state index in [0.717, 1.165) is 11.1 Å². The first-order valence-corrected chi connectivity index (χ1v) is 9.00. The smallest absolute Gasteiger partial charge is 0.193 e. The second kappa shape index (κ2) is 7.02. The average molecular weight is 368 g/mol. The van der Waals surface area contributed by atoms with Crippen molar-refractivity contribution in [3.8, 4) is 0 Å². The summed E-state index contributed by atoms with van der Waals surface area (Å²) < 4.78 is 0. The Morgan fingerprint density at radius 3 is 1.07 bits per heavy atom. The van der Waals surface area contributed by atoms with E-state index < -0.39 is 11.2 Å². The SMILES string of the molecule is CC(C)(O)C(=O)c1ccc(C(C)(C)c2ccc(C(=O)C(C)(C)O)cc2)cc1. The number of Topliss-reactive ketones (excluding diaryl/α,β-unsaturated/α-hetero) is 2. The molecule has 27 heavy (non-hydrogen) atoms. The maximum Gasteiger partial charge on any atom is 0.193 e. The lowest BCUT2D eigenvalue weighted by molar-refractivity contribution is 0.0487. The topological polar surface area (TPSA) is 74.6 Å². The maximum atomic E-state index is 12.2. The fraction of sp³-hybridized carbons (Fsp3) is 0.391. The van der Waals surface area contributed by atoms with Gasteiger partial charge < -0.3 is 10.2 Å². The summed E-state index contributed by atoms with van der Waals surface area (Å²) in [5.74, 6) is -0.636. The maximum absolute atomic E-state index is 12.2. The first-order valence-electron chi connectivity index (χ1n) is 9.00. The average Bonchev–Trinajstić information content (AvgIpc) is 2.59. The molecule has 0 aliphatic rings. The van der Waals surface area contributed by atoms with Gasteiger partial charge in [0, 0.05) is 16.5 Å². The van der Waals surface area contributed by atoms with Gasteiger partial charge in [0.05, 0.1) is 0 Å². The summed E-state index contributed by atoms with van der Waals surface area (Å²) in [6.07, 6.45) is 0. The van der Waals surface area contributed by atoms with Crippen molar-refractivity contribution in [2.75, 3.05) is 0 Å². The molecule has 0 heterocycles. The molecule has 0 amide bonds. The highest BCUT2D eigenvalue weighted by molar-refractivity contribution is 6.02. The van der Waals surface area contributed by atoms with Gasteiger partial charge in [-0.2, -0.15) is 0 Å². The summed E-state index contributed by atoms with van der Waals surface area (Å²) in [6.45, 7) is 10.0. The Labute approximate surface area is 160 Å². The minimum Gasteiger partial charge on any atom is -0.382 e. The zero-order chi connectivity index (χ0) is 20.6. The van der Waals surface area contributed by atoms with Gasteiger partial charge in [0.2, 0.25) is 0 Å². The Hall–Kier alpha value is -2.30. The molecule has 0 aliphatic carbocycles. The van der Waals surface area contributed by atoms with Crippen LogP contribution in [0.1, 0.15) is 73.4 Å². The molecule has 0 radical (unpaired) electrons. The van der Waals surface area contributed by atoms with Crippen LogP contribution in [0.15, 0.2) is 48.5 Å². The first kappa shape index (κ1) is 21.0. The van der Waals surface area contributed by atoms with E-state index >= 15 is 0 Å². The summed E-state index contributed by atoms with van der Waals surface area (Å²) in [6, 6.07) is 14.4. The molecule has 4 nitrogen and oxygen atoms in total. The van der Waals surface area contributed by atoms with Crippen molar-refractivity contribution in [1.29, 1.82) is 0 Å². The third-order valence-corrected chi connectivity index (χ3v) is 4.85. The predicted octanol–water partition coefficient (Wildman–Crippen LogP) is 3.92. The molecule has 144 valence electrons. The minimum atomic E-state index is -1.40. The Kier molecular flexibility index (Phi) is 5.46. The first-order chi connectivity index (χ1) is 12.2. The molecule has 0 spiro atoms. The molecule has 0 atom stereocenters. The molecule has 0 bridgehead atoms. The normalized spacial score (nSPS) is 12.7. The van der Waals surface area contributed by atoms with E-state index in [1.54, 1.807) is 24.3 Å². The number of ketones is 2. The van der Waals surface area contributed by atoms with E-state index in [9.17, 15) is 19.8 Å². The van der Waals surface area contributed by atoms with Gasteiger partial charge in [0.25, 0.3) is 0 Å². The molecule has 0 aliphatic heterocycles. The molecule has 2 N–H and O–H groups in total. The fourth-order valence-corrected chi connectivity index (χ4v) is 2.95. The number of aliphatic hydroxyl groups is 2. The van der Waals surface area contributed by atoms with E-state index in [1.165, 1.54) is 27.7 Å². The third-order valence-electron chi connectivity index (χ3n) is 4.85. The Morgan fingerprint density at radius 1 is 0.593 bits per heavy atom. The highest BCUT2D eigenvalue weighted by Crippen LogP contribution is 2.32. The highest BCUT2D eigenvalue weighted by Gasteiger charge is 2.28. The van der Waals surface area contributed by atoms with Crippen molar-refractivity contribution < 1.29 is 19.8 Å². The molecule has 2 aromatic rings. The molecule has 0 fully saturated rings. The molecule has 2 rings (SSSR count). The zero-order valence-electron chi connectivity index (χ0n) is 16.8. The number of carbonyl (C=O) groups excluding carboxylic acids is 2. The molecule has 2 aromatic carbocycles. The summed E-state index contributed by atoms with van der Waals surface area (Å²) >= 11 is 0. The second-order valence-electron chi connectivity index (χ2n) is 8.56.